The molecule has 0 bridgehead atoms. The van der Waals surface area contributed by atoms with Crippen molar-refractivity contribution in [3.63, 3.8) is 0 Å². The highest BCUT2D eigenvalue weighted by Crippen LogP contribution is 2.23. The summed E-state index contributed by atoms with van der Waals surface area (Å²) in [6, 6.07) is 5.15. The van der Waals surface area contributed by atoms with Gasteiger partial charge < -0.3 is 10.2 Å². The van der Waals surface area contributed by atoms with Gasteiger partial charge >= 0.3 is 0 Å². The van der Waals surface area contributed by atoms with Crippen molar-refractivity contribution in [2.45, 2.75) is 45.1 Å². The van der Waals surface area contributed by atoms with Crippen LogP contribution in [0.3, 0.4) is 0 Å². The smallest absolute Gasteiger partial charge is 0.128 e. The first kappa shape index (κ1) is 12.0. The molecule has 3 rings (SSSR count). The molecule has 1 fully saturated rings. The lowest BCUT2D eigenvalue weighted by Crippen LogP contribution is -2.38. The van der Waals surface area contributed by atoms with Crippen LogP contribution in [0.2, 0.25) is 0 Å². The number of fused-ring (bicyclic) bond motifs is 1. The van der Waals surface area contributed by atoms with E-state index in [2.05, 4.69) is 29.3 Å². The highest BCUT2D eigenvalue weighted by atomic mass is 15.2. The monoisotopic (exact) mass is 245 g/mol. The van der Waals surface area contributed by atoms with E-state index >= 15 is 0 Å². The first-order valence-electron chi connectivity index (χ1n) is 7.34. The molecule has 1 aliphatic carbocycles. The molecule has 1 aromatic rings. The van der Waals surface area contributed by atoms with Crippen molar-refractivity contribution in [3.05, 3.63) is 23.4 Å². The largest absolute Gasteiger partial charge is 0.355 e. The second kappa shape index (κ2) is 5.27. The van der Waals surface area contributed by atoms with E-state index < -0.39 is 0 Å². The number of anilines is 1. The van der Waals surface area contributed by atoms with E-state index in [0.717, 1.165) is 13.1 Å². The topological polar surface area (TPSA) is 28.2 Å². The zero-order chi connectivity index (χ0) is 12.4. The van der Waals surface area contributed by atoms with Crippen LogP contribution in [0.5, 0.6) is 0 Å². The normalized spacial score (nSPS) is 22.2. The van der Waals surface area contributed by atoms with Gasteiger partial charge in [-0.25, -0.2) is 4.98 Å². The molecule has 18 heavy (non-hydrogen) atoms. The van der Waals surface area contributed by atoms with Crippen molar-refractivity contribution >= 4 is 5.82 Å². The third kappa shape index (κ3) is 2.37. The van der Waals surface area contributed by atoms with Gasteiger partial charge in [-0.1, -0.05) is 6.07 Å². The minimum Gasteiger partial charge on any atom is -0.355 e. The standard InChI is InChI=1S/C15H23N3/c1-2-18(11-13-6-4-10-16-13)15-9-8-12-5-3-7-14(12)17-15/h8-9,13,16H,2-7,10-11H2,1H3. The lowest BCUT2D eigenvalue weighted by molar-refractivity contribution is 0.583. The van der Waals surface area contributed by atoms with Gasteiger partial charge in [-0.2, -0.15) is 0 Å². The van der Waals surface area contributed by atoms with Gasteiger partial charge in [-0.05, 0) is 57.2 Å². The number of hydrogen-bond donors (Lipinski definition) is 1. The van der Waals surface area contributed by atoms with E-state index in [1.165, 1.54) is 55.7 Å². The Hall–Kier alpha value is -1.09. The molecule has 3 nitrogen and oxygen atoms in total. The van der Waals surface area contributed by atoms with Crippen LogP contribution in [0.25, 0.3) is 0 Å². The number of likely N-dealkylation sites (N-methyl/N-ethyl adjacent to an activating group) is 1. The van der Waals surface area contributed by atoms with Gasteiger partial charge in [-0.15, -0.1) is 0 Å². The molecule has 0 spiro atoms. The Morgan fingerprint density at radius 2 is 2.28 bits per heavy atom. The lowest BCUT2D eigenvalue weighted by Gasteiger charge is -2.26. The summed E-state index contributed by atoms with van der Waals surface area (Å²) in [5, 5.41) is 3.57. The van der Waals surface area contributed by atoms with Crippen molar-refractivity contribution < 1.29 is 0 Å². The molecule has 1 unspecified atom stereocenters. The molecule has 98 valence electrons. The second-order valence-corrected chi connectivity index (χ2v) is 5.46. The van der Waals surface area contributed by atoms with E-state index in [-0.39, 0.29) is 0 Å². The van der Waals surface area contributed by atoms with Crippen LogP contribution >= 0.6 is 0 Å². The maximum atomic E-state index is 4.86. The minimum atomic E-state index is 0.653. The summed E-state index contributed by atoms with van der Waals surface area (Å²) < 4.78 is 0. The van der Waals surface area contributed by atoms with Gasteiger partial charge in [-0.3, -0.25) is 0 Å². The van der Waals surface area contributed by atoms with E-state index in [9.17, 15) is 0 Å². The fourth-order valence-electron chi connectivity index (χ4n) is 3.15. The zero-order valence-corrected chi connectivity index (χ0v) is 11.3. The average molecular weight is 245 g/mol. The summed E-state index contributed by atoms with van der Waals surface area (Å²) in [6.45, 7) is 5.55. The Balaban J connectivity index is 1.74. The second-order valence-electron chi connectivity index (χ2n) is 5.46. The summed E-state index contributed by atoms with van der Waals surface area (Å²) >= 11 is 0. The van der Waals surface area contributed by atoms with Crippen LogP contribution in [0, 0.1) is 0 Å². The molecule has 3 heteroatoms. The Morgan fingerprint density at radius 3 is 3.06 bits per heavy atom. The number of aryl methyl sites for hydroxylation is 2. The molecule has 2 heterocycles. The third-order valence-electron chi connectivity index (χ3n) is 4.22. The maximum Gasteiger partial charge on any atom is 0.128 e. The van der Waals surface area contributed by atoms with Gasteiger partial charge in [0.25, 0.3) is 0 Å². The Bertz CT molecular complexity index is 410. The zero-order valence-electron chi connectivity index (χ0n) is 11.3. The number of hydrogen-bond acceptors (Lipinski definition) is 3. The van der Waals surface area contributed by atoms with Crippen molar-refractivity contribution in [3.8, 4) is 0 Å². The summed E-state index contributed by atoms with van der Waals surface area (Å²) in [4.78, 5) is 7.28. The first-order chi connectivity index (χ1) is 8.86. The van der Waals surface area contributed by atoms with Crippen molar-refractivity contribution in [2.24, 2.45) is 0 Å². The Labute approximate surface area is 110 Å². The molecule has 2 aliphatic rings. The molecule has 1 atom stereocenters. The molecular weight excluding hydrogens is 222 g/mol. The van der Waals surface area contributed by atoms with Crippen LogP contribution in [0.4, 0.5) is 5.82 Å². The van der Waals surface area contributed by atoms with Gasteiger partial charge in [0.2, 0.25) is 0 Å². The lowest BCUT2D eigenvalue weighted by atomic mass is 10.2. The highest BCUT2D eigenvalue weighted by Gasteiger charge is 2.19. The van der Waals surface area contributed by atoms with Gasteiger partial charge in [0, 0.05) is 24.8 Å². The fourth-order valence-corrected chi connectivity index (χ4v) is 3.15. The van der Waals surface area contributed by atoms with Crippen LogP contribution < -0.4 is 10.2 Å². The molecule has 1 N–H and O–H groups in total. The van der Waals surface area contributed by atoms with E-state index in [1.54, 1.807) is 0 Å². The molecular formula is C15H23N3. The predicted molar refractivity (Wildman–Crippen MR) is 75.2 cm³/mol. The predicted octanol–water partition coefficient (Wildman–Crippen LogP) is 2.15. The summed E-state index contributed by atoms with van der Waals surface area (Å²) in [7, 11) is 0. The number of pyridine rings is 1. The number of aromatic nitrogens is 1. The van der Waals surface area contributed by atoms with E-state index in [1.807, 2.05) is 0 Å². The maximum absolute atomic E-state index is 4.86. The molecule has 1 saturated heterocycles. The van der Waals surface area contributed by atoms with E-state index in [4.69, 9.17) is 4.98 Å². The highest BCUT2D eigenvalue weighted by molar-refractivity contribution is 5.43. The molecule has 0 saturated carbocycles. The summed E-state index contributed by atoms with van der Waals surface area (Å²) in [5.74, 6) is 1.17. The Kier molecular flexibility index (Phi) is 3.50. The van der Waals surface area contributed by atoms with Gasteiger partial charge in [0.15, 0.2) is 0 Å². The number of rotatable bonds is 4. The van der Waals surface area contributed by atoms with Crippen LogP contribution in [-0.4, -0.2) is 30.7 Å². The quantitative estimate of drug-likeness (QED) is 0.881. The Morgan fingerprint density at radius 1 is 1.33 bits per heavy atom. The van der Waals surface area contributed by atoms with Crippen LogP contribution in [-0.2, 0) is 12.8 Å². The van der Waals surface area contributed by atoms with Crippen molar-refractivity contribution in [1.29, 1.82) is 0 Å². The minimum absolute atomic E-state index is 0.653. The summed E-state index contributed by atoms with van der Waals surface area (Å²) in [5.41, 5.74) is 2.80. The van der Waals surface area contributed by atoms with E-state index in [0.29, 0.717) is 6.04 Å². The molecule has 1 aliphatic heterocycles. The van der Waals surface area contributed by atoms with Crippen molar-refractivity contribution in [1.82, 2.24) is 10.3 Å². The molecule has 0 radical (unpaired) electrons. The number of nitrogens with zero attached hydrogens (tertiary/aromatic N) is 2. The van der Waals surface area contributed by atoms with Crippen LogP contribution in [0.15, 0.2) is 12.1 Å². The van der Waals surface area contributed by atoms with Gasteiger partial charge in [0.05, 0.1) is 0 Å². The van der Waals surface area contributed by atoms with Crippen molar-refractivity contribution in [2.75, 3.05) is 24.5 Å². The molecule has 1 aromatic heterocycles. The first-order valence-corrected chi connectivity index (χ1v) is 7.34. The fraction of sp³-hybridized carbons (Fsp3) is 0.667. The average Bonchev–Trinajstić information content (AvgIpc) is 3.06. The summed E-state index contributed by atoms with van der Waals surface area (Å²) in [6.07, 6.45) is 6.30. The SMILES string of the molecule is CCN(CC1CCCN1)c1ccc2c(n1)CCC2. The molecule has 0 amide bonds. The third-order valence-corrected chi connectivity index (χ3v) is 4.22. The number of nitrogens with one attached hydrogen (secondary N) is 1. The van der Waals surface area contributed by atoms with Crippen LogP contribution in [0.1, 0.15) is 37.4 Å². The van der Waals surface area contributed by atoms with Gasteiger partial charge in [0.1, 0.15) is 5.82 Å². The molecule has 0 aromatic carbocycles.